The second-order valence-corrected chi connectivity index (χ2v) is 7.79. The SMILES string of the molecule is CC=CC(CC)(CC)Nc1cc(Oc2ccc(Cl)cc2Cl)ccc1[N+](=O)[O-].O=[PH](O)O. The first-order valence-corrected chi connectivity index (χ1v) is 11.4. The Morgan fingerprint density at radius 3 is 2.29 bits per heavy atom. The first-order valence-electron chi connectivity index (χ1n) is 9.32. The zero-order chi connectivity index (χ0) is 23.6. The number of anilines is 1. The highest BCUT2D eigenvalue weighted by atomic mass is 35.5. The Morgan fingerprint density at radius 2 is 1.81 bits per heavy atom. The number of nitrogens with one attached hydrogen (secondary N) is 1. The summed E-state index contributed by atoms with van der Waals surface area (Å²) >= 11 is 12.1. The van der Waals surface area contributed by atoms with Crippen molar-refractivity contribution in [3.05, 3.63) is 68.7 Å². The van der Waals surface area contributed by atoms with E-state index >= 15 is 0 Å². The topological polar surface area (TPSA) is 122 Å². The average molecular weight is 491 g/mol. The van der Waals surface area contributed by atoms with E-state index in [4.69, 9.17) is 42.3 Å². The van der Waals surface area contributed by atoms with Gasteiger partial charge in [-0.2, -0.15) is 0 Å². The molecule has 3 N–H and O–H groups in total. The second kappa shape index (κ2) is 12.7. The summed E-state index contributed by atoms with van der Waals surface area (Å²) in [7, 11) is -3.13. The molecule has 170 valence electrons. The number of nitro benzene ring substituents is 1. The number of nitrogens with zero attached hydrogens (tertiary/aromatic N) is 1. The maximum Gasteiger partial charge on any atom is 0.314 e. The number of rotatable bonds is 8. The van der Waals surface area contributed by atoms with E-state index in [1.165, 1.54) is 6.07 Å². The van der Waals surface area contributed by atoms with Crippen LogP contribution in [0.4, 0.5) is 11.4 Å². The molecule has 0 fully saturated rings. The van der Waals surface area contributed by atoms with Crippen molar-refractivity contribution in [2.24, 2.45) is 0 Å². The molecule has 0 unspecified atom stereocenters. The summed E-state index contributed by atoms with van der Waals surface area (Å²) in [6, 6.07) is 9.48. The summed E-state index contributed by atoms with van der Waals surface area (Å²) in [6.45, 7) is 6.00. The Hall–Kier alpha value is -2.09. The highest BCUT2D eigenvalue weighted by molar-refractivity contribution is 7.30. The standard InChI is InChI=1S/C20H22Cl2N2O3.H3O3P/c1-4-11-20(5-2,6-3)23-17-13-15(8-9-18(17)24(25)26)27-19-10-7-14(21)12-16(19)22;1-4(2)3/h4,7-13,23H,5-6H2,1-3H3;4H,(H2,1,2,3). The van der Waals surface area contributed by atoms with Crippen LogP contribution < -0.4 is 10.1 Å². The smallest absolute Gasteiger partial charge is 0.314 e. The zero-order valence-electron chi connectivity index (χ0n) is 17.3. The molecule has 2 aromatic rings. The Morgan fingerprint density at radius 1 is 1.19 bits per heavy atom. The summed E-state index contributed by atoms with van der Waals surface area (Å²) in [5, 5.41) is 15.7. The molecule has 0 spiro atoms. The van der Waals surface area contributed by atoms with Crippen LogP contribution in [0.25, 0.3) is 0 Å². The van der Waals surface area contributed by atoms with Crippen LogP contribution in [0.2, 0.25) is 10.0 Å². The fourth-order valence-electron chi connectivity index (χ4n) is 2.81. The minimum Gasteiger partial charge on any atom is -0.456 e. The first-order chi connectivity index (χ1) is 14.6. The van der Waals surface area contributed by atoms with Gasteiger partial charge in [0.2, 0.25) is 0 Å². The van der Waals surface area contributed by atoms with Crippen LogP contribution in [0.3, 0.4) is 0 Å². The monoisotopic (exact) mass is 490 g/mol. The van der Waals surface area contributed by atoms with Crippen molar-refractivity contribution in [1.29, 1.82) is 0 Å². The lowest BCUT2D eigenvalue weighted by molar-refractivity contribution is -0.384. The van der Waals surface area contributed by atoms with Crippen LogP contribution in [0.1, 0.15) is 33.6 Å². The molecular formula is C20H25Cl2N2O6P. The van der Waals surface area contributed by atoms with Crippen molar-refractivity contribution in [3.63, 3.8) is 0 Å². The molecule has 2 rings (SSSR count). The number of nitro groups is 1. The van der Waals surface area contributed by atoms with Gasteiger partial charge in [-0.3, -0.25) is 14.7 Å². The summed E-state index contributed by atoms with van der Waals surface area (Å²) in [5.74, 6) is 0.862. The molecule has 0 bridgehead atoms. The van der Waals surface area contributed by atoms with E-state index in [0.29, 0.717) is 27.2 Å². The molecular weight excluding hydrogens is 466 g/mol. The van der Waals surface area contributed by atoms with Gasteiger partial charge in [0.05, 0.1) is 15.5 Å². The largest absolute Gasteiger partial charge is 0.456 e. The van der Waals surface area contributed by atoms with Gasteiger partial charge in [0.1, 0.15) is 17.2 Å². The van der Waals surface area contributed by atoms with Crippen LogP contribution in [0.5, 0.6) is 11.5 Å². The van der Waals surface area contributed by atoms with E-state index in [2.05, 4.69) is 5.32 Å². The zero-order valence-corrected chi connectivity index (χ0v) is 19.8. The lowest BCUT2D eigenvalue weighted by Gasteiger charge is -2.30. The Kier molecular flexibility index (Phi) is 11.0. The van der Waals surface area contributed by atoms with Gasteiger partial charge in [0.25, 0.3) is 5.69 Å². The van der Waals surface area contributed by atoms with E-state index in [0.717, 1.165) is 12.8 Å². The van der Waals surface area contributed by atoms with Crippen LogP contribution in [0.15, 0.2) is 48.6 Å². The minimum atomic E-state index is -3.13. The van der Waals surface area contributed by atoms with Crippen LogP contribution in [-0.4, -0.2) is 20.2 Å². The van der Waals surface area contributed by atoms with E-state index < -0.39 is 13.2 Å². The maximum atomic E-state index is 11.5. The number of hydrogen-bond acceptors (Lipinski definition) is 5. The molecule has 0 aliphatic rings. The molecule has 0 atom stereocenters. The number of hydrogen-bond donors (Lipinski definition) is 3. The van der Waals surface area contributed by atoms with Crippen molar-refractivity contribution in [1.82, 2.24) is 0 Å². The third-order valence-corrected chi connectivity index (χ3v) is 4.95. The maximum absolute atomic E-state index is 11.5. The van der Waals surface area contributed by atoms with E-state index in [1.54, 1.807) is 30.3 Å². The molecule has 0 aliphatic carbocycles. The fourth-order valence-corrected chi connectivity index (χ4v) is 3.26. The second-order valence-electron chi connectivity index (χ2n) is 6.38. The average Bonchev–Trinajstić information content (AvgIpc) is 2.69. The quantitative estimate of drug-likeness (QED) is 0.165. The lowest BCUT2D eigenvalue weighted by Crippen LogP contribution is -2.34. The third-order valence-electron chi connectivity index (χ3n) is 4.42. The van der Waals surface area contributed by atoms with Crippen molar-refractivity contribution in [2.45, 2.75) is 39.2 Å². The van der Waals surface area contributed by atoms with Crippen LogP contribution in [-0.2, 0) is 4.57 Å². The summed E-state index contributed by atoms with van der Waals surface area (Å²) in [5.41, 5.74) is 0.000450. The number of allylic oxidation sites excluding steroid dienone is 1. The fraction of sp³-hybridized carbons (Fsp3) is 0.300. The number of benzene rings is 2. The van der Waals surface area contributed by atoms with Gasteiger partial charge < -0.3 is 19.8 Å². The molecule has 2 aromatic carbocycles. The third kappa shape index (κ3) is 8.51. The number of halogens is 2. The molecule has 0 heterocycles. The highest BCUT2D eigenvalue weighted by Crippen LogP contribution is 2.37. The molecule has 31 heavy (non-hydrogen) atoms. The van der Waals surface area contributed by atoms with Gasteiger partial charge in [0, 0.05) is 17.2 Å². The molecule has 0 aromatic heterocycles. The molecule has 8 nitrogen and oxygen atoms in total. The van der Waals surface area contributed by atoms with Crippen molar-refractivity contribution < 1.29 is 24.0 Å². The van der Waals surface area contributed by atoms with Gasteiger partial charge in [-0.05, 0) is 44.0 Å². The Labute approximate surface area is 191 Å². The summed E-state index contributed by atoms with van der Waals surface area (Å²) in [4.78, 5) is 25.4. The van der Waals surface area contributed by atoms with Crippen LogP contribution >= 0.6 is 31.5 Å². The molecule has 0 radical (unpaired) electrons. The van der Waals surface area contributed by atoms with Crippen molar-refractivity contribution in [3.8, 4) is 11.5 Å². The van der Waals surface area contributed by atoms with Crippen LogP contribution in [0, 0.1) is 10.1 Å². The van der Waals surface area contributed by atoms with Gasteiger partial charge in [-0.1, -0.05) is 49.2 Å². The van der Waals surface area contributed by atoms with Gasteiger partial charge in [0.15, 0.2) is 0 Å². The van der Waals surface area contributed by atoms with E-state index in [-0.39, 0.29) is 11.2 Å². The molecule has 11 heteroatoms. The molecule has 0 saturated carbocycles. The lowest BCUT2D eigenvalue weighted by atomic mass is 9.91. The predicted octanol–water partition coefficient (Wildman–Crippen LogP) is 6.60. The molecule has 0 aliphatic heterocycles. The van der Waals surface area contributed by atoms with Gasteiger partial charge >= 0.3 is 8.25 Å². The van der Waals surface area contributed by atoms with Crippen molar-refractivity contribution >= 4 is 42.8 Å². The number of ether oxygens (including phenoxy) is 1. The summed E-state index contributed by atoms with van der Waals surface area (Å²) in [6.07, 6.45) is 5.53. The first kappa shape index (κ1) is 26.9. The summed E-state index contributed by atoms with van der Waals surface area (Å²) < 4.78 is 14.6. The normalized spacial score (nSPS) is 11.2. The molecule has 0 saturated heterocycles. The van der Waals surface area contributed by atoms with Gasteiger partial charge in [-0.25, -0.2) is 0 Å². The Balaban J connectivity index is 0.00000110. The van der Waals surface area contributed by atoms with Crippen molar-refractivity contribution in [2.75, 3.05) is 5.32 Å². The highest BCUT2D eigenvalue weighted by Gasteiger charge is 2.26. The molecule has 0 amide bonds. The Bertz CT molecular complexity index is 947. The van der Waals surface area contributed by atoms with E-state index in [1.807, 2.05) is 32.9 Å². The van der Waals surface area contributed by atoms with Gasteiger partial charge in [-0.15, -0.1) is 0 Å². The minimum absolute atomic E-state index is 0.0136. The van der Waals surface area contributed by atoms with E-state index in [9.17, 15) is 10.1 Å². The predicted molar refractivity (Wildman–Crippen MR) is 125 cm³/mol.